The fourth-order valence-corrected chi connectivity index (χ4v) is 4.05. The summed E-state index contributed by atoms with van der Waals surface area (Å²) in [4.78, 5) is 0. The fourth-order valence-electron chi connectivity index (χ4n) is 4.05. The quantitative estimate of drug-likeness (QED) is 0.562. The topological polar surface area (TPSA) is 61.0 Å². The van der Waals surface area contributed by atoms with Gasteiger partial charge >= 0.3 is 0 Å². The van der Waals surface area contributed by atoms with Gasteiger partial charge in [-0.25, -0.2) is 0 Å². The van der Waals surface area contributed by atoms with Crippen LogP contribution in [0, 0.1) is 5.41 Å². The molecule has 2 saturated heterocycles. The lowest BCUT2D eigenvalue weighted by atomic mass is 9.90. The summed E-state index contributed by atoms with van der Waals surface area (Å²) in [5.41, 5.74) is 4.30. The highest BCUT2D eigenvalue weighted by Gasteiger charge is 2.42. The summed E-state index contributed by atoms with van der Waals surface area (Å²) >= 11 is 0. The van der Waals surface area contributed by atoms with Crippen molar-refractivity contribution in [2.75, 3.05) is 51.9 Å². The van der Waals surface area contributed by atoms with Crippen LogP contribution in [0.25, 0.3) is 0 Å². The minimum Gasteiger partial charge on any atom is -0.384 e. The highest BCUT2D eigenvalue weighted by molar-refractivity contribution is 5.44. The predicted molar refractivity (Wildman–Crippen MR) is 126 cm³/mol. The summed E-state index contributed by atoms with van der Waals surface area (Å²) in [6.07, 6.45) is 2.89. The lowest BCUT2D eigenvalue weighted by molar-refractivity contribution is -0.307. The summed E-state index contributed by atoms with van der Waals surface area (Å²) in [6, 6.07) is 16.8. The van der Waals surface area contributed by atoms with E-state index in [1.54, 1.807) is 0 Å². The number of anilines is 1. The third kappa shape index (κ3) is 5.88. The van der Waals surface area contributed by atoms with Gasteiger partial charge in [0.05, 0.1) is 31.8 Å². The molecule has 6 nitrogen and oxygen atoms in total. The van der Waals surface area contributed by atoms with Crippen LogP contribution in [0.15, 0.2) is 48.5 Å². The van der Waals surface area contributed by atoms with Gasteiger partial charge in [0.1, 0.15) is 0 Å². The molecular formula is C26H36N2O4. The molecule has 0 amide bonds. The standard InChI is InChI=1S/C26H36N2O4/c1-3-4-5-20-6-8-21(9-7-20)24-29-16-26(17-30-24)18-31-25(32-19-26)22-10-12-23(13-11-22)28-15-14-27-2/h6-13,24-25,27-28H,3-5,14-19H2,1-2H3. The Balaban J connectivity index is 1.25. The first-order valence-corrected chi connectivity index (χ1v) is 11.7. The summed E-state index contributed by atoms with van der Waals surface area (Å²) in [5, 5.41) is 6.50. The zero-order valence-corrected chi connectivity index (χ0v) is 19.3. The normalized spacial score (nSPS) is 25.7. The van der Waals surface area contributed by atoms with Crippen LogP contribution in [-0.4, -0.2) is 46.6 Å². The molecule has 0 bridgehead atoms. The third-order valence-electron chi connectivity index (χ3n) is 6.12. The van der Waals surface area contributed by atoms with Gasteiger partial charge in [-0.2, -0.15) is 0 Å². The average molecular weight is 441 g/mol. The van der Waals surface area contributed by atoms with E-state index in [-0.39, 0.29) is 18.0 Å². The Bertz CT molecular complexity index is 807. The van der Waals surface area contributed by atoms with Gasteiger partial charge in [-0.3, -0.25) is 0 Å². The molecule has 2 heterocycles. The van der Waals surface area contributed by atoms with Crippen LogP contribution in [0.1, 0.15) is 49.0 Å². The number of likely N-dealkylation sites (N-methyl/N-ethyl adjacent to an activating group) is 1. The van der Waals surface area contributed by atoms with Gasteiger partial charge in [0, 0.05) is 29.9 Å². The van der Waals surface area contributed by atoms with Gasteiger partial charge in [-0.15, -0.1) is 0 Å². The molecule has 0 atom stereocenters. The van der Waals surface area contributed by atoms with E-state index in [1.165, 1.54) is 18.4 Å². The van der Waals surface area contributed by atoms with Gasteiger partial charge in [0.2, 0.25) is 0 Å². The molecule has 0 unspecified atom stereocenters. The van der Waals surface area contributed by atoms with Gasteiger partial charge in [-0.1, -0.05) is 49.7 Å². The number of ether oxygens (including phenoxy) is 4. The molecule has 2 N–H and O–H groups in total. The highest BCUT2D eigenvalue weighted by Crippen LogP contribution is 2.38. The molecule has 2 aliphatic rings. The largest absolute Gasteiger partial charge is 0.384 e. The number of benzene rings is 2. The van der Waals surface area contributed by atoms with Gasteiger partial charge in [-0.05, 0) is 37.6 Å². The summed E-state index contributed by atoms with van der Waals surface area (Å²) in [6.45, 7) is 6.28. The highest BCUT2D eigenvalue weighted by atomic mass is 16.7. The lowest BCUT2D eigenvalue weighted by Crippen LogP contribution is -2.49. The Hall–Kier alpha value is -1.96. The van der Waals surface area contributed by atoms with Crippen molar-refractivity contribution in [1.82, 2.24) is 5.32 Å². The SMILES string of the molecule is CCCCc1ccc(C2OCC3(CO2)COC(c2ccc(NCCNC)cc2)OC3)cc1. The minimum atomic E-state index is -0.347. The smallest absolute Gasteiger partial charge is 0.183 e. The molecule has 2 aliphatic heterocycles. The molecular weight excluding hydrogens is 404 g/mol. The van der Waals surface area contributed by atoms with Crippen molar-refractivity contribution in [3.05, 3.63) is 65.2 Å². The minimum absolute atomic E-state index is 0.247. The molecule has 0 aromatic heterocycles. The van der Waals surface area contributed by atoms with E-state index in [2.05, 4.69) is 66.1 Å². The number of hydrogen-bond acceptors (Lipinski definition) is 6. The van der Waals surface area contributed by atoms with E-state index in [4.69, 9.17) is 18.9 Å². The van der Waals surface area contributed by atoms with Crippen molar-refractivity contribution in [3.63, 3.8) is 0 Å². The van der Waals surface area contributed by atoms with Crippen molar-refractivity contribution >= 4 is 5.69 Å². The van der Waals surface area contributed by atoms with E-state index in [9.17, 15) is 0 Å². The molecule has 2 aromatic carbocycles. The summed E-state index contributed by atoms with van der Waals surface area (Å²) in [5.74, 6) is 0. The number of nitrogens with one attached hydrogen (secondary N) is 2. The first-order valence-electron chi connectivity index (χ1n) is 11.7. The van der Waals surface area contributed by atoms with E-state index in [0.717, 1.165) is 36.3 Å². The molecule has 0 radical (unpaired) electrons. The molecule has 4 rings (SSSR count). The fraction of sp³-hybridized carbons (Fsp3) is 0.538. The Morgan fingerprint density at radius 1 is 0.781 bits per heavy atom. The number of rotatable bonds is 9. The first kappa shape index (κ1) is 23.2. The van der Waals surface area contributed by atoms with Crippen LogP contribution in [0.4, 0.5) is 5.69 Å². The van der Waals surface area contributed by atoms with Crippen molar-refractivity contribution in [1.29, 1.82) is 0 Å². The Morgan fingerprint density at radius 2 is 1.31 bits per heavy atom. The van der Waals surface area contributed by atoms with Crippen LogP contribution in [0.5, 0.6) is 0 Å². The number of unbranched alkanes of at least 4 members (excludes halogenated alkanes) is 1. The second-order valence-corrected chi connectivity index (χ2v) is 8.91. The van der Waals surface area contributed by atoms with Crippen molar-refractivity contribution < 1.29 is 18.9 Å². The maximum absolute atomic E-state index is 6.09. The lowest BCUT2D eigenvalue weighted by Gasteiger charge is -2.43. The maximum Gasteiger partial charge on any atom is 0.183 e. The van der Waals surface area contributed by atoms with E-state index in [1.807, 2.05) is 7.05 Å². The second kappa shape index (κ2) is 11.3. The van der Waals surface area contributed by atoms with Gasteiger partial charge in [0.25, 0.3) is 0 Å². The van der Waals surface area contributed by atoms with Crippen molar-refractivity contribution in [2.45, 2.75) is 38.8 Å². The molecule has 0 aliphatic carbocycles. The number of aryl methyl sites for hydroxylation is 1. The van der Waals surface area contributed by atoms with Crippen LogP contribution in [0.2, 0.25) is 0 Å². The molecule has 174 valence electrons. The van der Waals surface area contributed by atoms with Crippen LogP contribution in [0.3, 0.4) is 0 Å². The van der Waals surface area contributed by atoms with Crippen molar-refractivity contribution in [3.8, 4) is 0 Å². The van der Waals surface area contributed by atoms with Crippen LogP contribution < -0.4 is 10.6 Å². The molecule has 2 aromatic rings. The molecule has 2 fully saturated rings. The molecule has 0 saturated carbocycles. The zero-order valence-electron chi connectivity index (χ0n) is 19.3. The van der Waals surface area contributed by atoms with Crippen molar-refractivity contribution in [2.24, 2.45) is 5.41 Å². The van der Waals surface area contributed by atoms with Gasteiger partial charge in [0.15, 0.2) is 12.6 Å². The van der Waals surface area contributed by atoms with Gasteiger partial charge < -0.3 is 29.6 Å². The second-order valence-electron chi connectivity index (χ2n) is 8.91. The van der Waals surface area contributed by atoms with E-state index >= 15 is 0 Å². The molecule has 32 heavy (non-hydrogen) atoms. The molecule has 6 heteroatoms. The Kier molecular flexibility index (Phi) is 8.16. The Morgan fingerprint density at radius 3 is 1.81 bits per heavy atom. The zero-order chi connectivity index (χ0) is 22.2. The Labute approximate surface area is 191 Å². The maximum atomic E-state index is 6.09. The molecule has 1 spiro atoms. The third-order valence-corrected chi connectivity index (χ3v) is 6.12. The number of hydrogen-bond donors (Lipinski definition) is 2. The van der Waals surface area contributed by atoms with Crippen LogP contribution in [-0.2, 0) is 25.4 Å². The monoisotopic (exact) mass is 440 g/mol. The summed E-state index contributed by atoms with van der Waals surface area (Å²) in [7, 11) is 1.95. The van der Waals surface area contributed by atoms with E-state index < -0.39 is 0 Å². The first-order chi connectivity index (χ1) is 15.7. The average Bonchev–Trinajstić information content (AvgIpc) is 2.85. The predicted octanol–water partition coefficient (Wildman–Crippen LogP) is 4.44. The van der Waals surface area contributed by atoms with Crippen LogP contribution >= 0.6 is 0 Å². The summed E-state index contributed by atoms with van der Waals surface area (Å²) < 4.78 is 24.3. The van der Waals surface area contributed by atoms with E-state index in [0.29, 0.717) is 26.4 Å².